The van der Waals surface area contributed by atoms with Crippen molar-refractivity contribution in [1.82, 2.24) is 0 Å². The van der Waals surface area contributed by atoms with E-state index in [4.69, 9.17) is 9.47 Å². The maximum atomic E-state index is 13.1. The van der Waals surface area contributed by atoms with E-state index in [2.05, 4.69) is 15.9 Å². The van der Waals surface area contributed by atoms with Gasteiger partial charge in [0.25, 0.3) is 0 Å². The van der Waals surface area contributed by atoms with Gasteiger partial charge in [-0.25, -0.2) is 9.18 Å². The molecule has 0 bridgehead atoms. The molecule has 20 heavy (non-hydrogen) atoms. The molecule has 104 valence electrons. The van der Waals surface area contributed by atoms with Crippen LogP contribution in [0.25, 0.3) is 0 Å². The summed E-state index contributed by atoms with van der Waals surface area (Å²) in [6, 6.07) is 11.1. The maximum Gasteiger partial charge on any atom is 0.341 e. The second-order valence-electron chi connectivity index (χ2n) is 4.05. The van der Waals surface area contributed by atoms with E-state index in [0.717, 1.165) is 4.47 Å². The van der Waals surface area contributed by atoms with Crippen molar-refractivity contribution in [1.29, 1.82) is 0 Å². The van der Waals surface area contributed by atoms with E-state index in [0.29, 0.717) is 16.9 Å². The van der Waals surface area contributed by atoms with Crippen molar-refractivity contribution in [3.63, 3.8) is 0 Å². The van der Waals surface area contributed by atoms with Gasteiger partial charge < -0.3 is 9.47 Å². The number of carbonyl (C=O) groups excluding carboxylic acids is 1. The molecule has 0 atom stereocenters. The Balaban J connectivity index is 2.19. The van der Waals surface area contributed by atoms with Gasteiger partial charge in [0.1, 0.15) is 23.7 Å². The van der Waals surface area contributed by atoms with Crippen molar-refractivity contribution in [2.24, 2.45) is 0 Å². The summed E-state index contributed by atoms with van der Waals surface area (Å²) in [5.41, 5.74) is 1.00. The molecule has 0 fully saturated rings. The minimum Gasteiger partial charge on any atom is -0.488 e. The van der Waals surface area contributed by atoms with E-state index >= 15 is 0 Å². The highest BCUT2D eigenvalue weighted by Crippen LogP contribution is 2.25. The number of methoxy groups -OCH3 is 1. The van der Waals surface area contributed by atoms with Crippen molar-refractivity contribution in [2.75, 3.05) is 7.11 Å². The van der Waals surface area contributed by atoms with Gasteiger partial charge in [0.2, 0.25) is 0 Å². The predicted octanol–water partition coefficient (Wildman–Crippen LogP) is 3.95. The lowest BCUT2D eigenvalue weighted by Gasteiger charge is -2.10. The first kappa shape index (κ1) is 14.5. The van der Waals surface area contributed by atoms with Crippen molar-refractivity contribution >= 4 is 21.9 Å². The number of esters is 1. The lowest BCUT2D eigenvalue weighted by Crippen LogP contribution is -2.06. The number of benzene rings is 2. The van der Waals surface area contributed by atoms with Gasteiger partial charge in [-0.2, -0.15) is 0 Å². The average molecular weight is 339 g/mol. The van der Waals surface area contributed by atoms with Gasteiger partial charge in [-0.1, -0.05) is 28.1 Å². The fraction of sp³-hybridized carbons (Fsp3) is 0.133. The third-order valence-corrected chi connectivity index (χ3v) is 3.12. The zero-order chi connectivity index (χ0) is 14.5. The van der Waals surface area contributed by atoms with Crippen molar-refractivity contribution < 1.29 is 18.7 Å². The van der Waals surface area contributed by atoms with Crippen LogP contribution in [-0.2, 0) is 11.3 Å². The Morgan fingerprint density at radius 1 is 1.25 bits per heavy atom. The number of hydrogen-bond acceptors (Lipinski definition) is 3. The molecule has 3 nitrogen and oxygen atoms in total. The van der Waals surface area contributed by atoms with E-state index in [1.165, 1.54) is 19.2 Å². The minimum atomic E-state index is -0.486. The number of carbonyl (C=O) groups is 1. The molecule has 0 spiro atoms. The first-order valence-corrected chi connectivity index (χ1v) is 6.64. The fourth-order valence-electron chi connectivity index (χ4n) is 1.69. The van der Waals surface area contributed by atoms with E-state index in [1.54, 1.807) is 30.3 Å². The molecule has 0 aliphatic heterocycles. The fourth-order valence-corrected chi connectivity index (χ4v) is 2.05. The normalized spacial score (nSPS) is 10.2. The first-order chi connectivity index (χ1) is 9.60. The van der Waals surface area contributed by atoms with Crippen molar-refractivity contribution in [3.05, 3.63) is 63.9 Å². The van der Waals surface area contributed by atoms with Gasteiger partial charge in [-0.15, -0.1) is 0 Å². The lowest BCUT2D eigenvalue weighted by molar-refractivity contribution is 0.0595. The molecule has 0 saturated heterocycles. The molecular weight excluding hydrogens is 327 g/mol. The molecule has 0 saturated carbocycles. The first-order valence-electron chi connectivity index (χ1n) is 5.85. The quantitative estimate of drug-likeness (QED) is 0.791. The van der Waals surface area contributed by atoms with Crippen LogP contribution in [0.15, 0.2) is 46.9 Å². The molecular formula is C15H12BrFO3. The number of rotatable bonds is 4. The van der Waals surface area contributed by atoms with Crippen LogP contribution in [0.4, 0.5) is 4.39 Å². The molecule has 0 aliphatic rings. The summed E-state index contributed by atoms with van der Waals surface area (Å²) in [5.74, 6) is -0.417. The molecule has 0 aliphatic carbocycles. The summed E-state index contributed by atoms with van der Waals surface area (Å²) in [6.07, 6.45) is 0. The van der Waals surface area contributed by atoms with Gasteiger partial charge in [-0.05, 0) is 35.9 Å². The van der Waals surface area contributed by atoms with Crippen LogP contribution < -0.4 is 4.74 Å². The van der Waals surface area contributed by atoms with Crippen molar-refractivity contribution in [2.45, 2.75) is 6.61 Å². The van der Waals surface area contributed by atoms with Gasteiger partial charge in [0.15, 0.2) is 0 Å². The number of halogens is 2. The van der Waals surface area contributed by atoms with Crippen LogP contribution in [-0.4, -0.2) is 13.1 Å². The van der Waals surface area contributed by atoms with Crippen LogP contribution in [0.5, 0.6) is 5.75 Å². The highest BCUT2D eigenvalue weighted by atomic mass is 79.9. The average Bonchev–Trinajstić information content (AvgIpc) is 2.45. The van der Waals surface area contributed by atoms with Gasteiger partial charge in [-0.3, -0.25) is 0 Å². The lowest BCUT2D eigenvalue weighted by atomic mass is 10.2. The largest absolute Gasteiger partial charge is 0.488 e. The Morgan fingerprint density at radius 3 is 2.75 bits per heavy atom. The van der Waals surface area contributed by atoms with Crippen LogP contribution in [0.2, 0.25) is 0 Å². The number of hydrogen-bond donors (Lipinski definition) is 0. The summed E-state index contributed by atoms with van der Waals surface area (Å²) in [5, 5.41) is 0. The standard InChI is InChI=1S/C15H12BrFO3/c1-19-15(18)13-8-11(16)5-6-14(13)20-9-10-3-2-4-12(17)7-10/h2-8H,9H2,1H3. The monoisotopic (exact) mass is 338 g/mol. The summed E-state index contributed by atoms with van der Waals surface area (Å²) in [6.45, 7) is 0.170. The highest BCUT2D eigenvalue weighted by Gasteiger charge is 2.13. The molecule has 2 aromatic rings. The second kappa shape index (κ2) is 6.52. The Morgan fingerprint density at radius 2 is 2.05 bits per heavy atom. The molecule has 2 rings (SSSR count). The SMILES string of the molecule is COC(=O)c1cc(Br)ccc1OCc1cccc(F)c1. The molecule has 0 amide bonds. The summed E-state index contributed by atoms with van der Waals surface area (Å²) in [4.78, 5) is 11.7. The molecule has 2 aromatic carbocycles. The summed E-state index contributed by atoms with van der Waals surface area (Å²) >= 11 is 3.29. The van der Waals surface area contributed by atoms with E-state index in [9.17, 15) is 9.18 Å². The van der Waals surface area contributed by atoms with Gasteiger partial charge in [0, 0.05) is 4.47 Å². The van der Waals surface area contributed by atoms with Crippen LogP contribution in [0.1, 0.15) is 15.9 Å². The van der Waals surface area contributed by atoms with E-state index in [-0.39, 0.29) is 12.4 Å². The van der Waals surface area contributed by atoms with Crippen molar-refractivity contribution in [3.8, 4) is 5.75 Å². The predicted molar refractivity (Wildman–Crippen MR) is 76.2 cm³/mol. The van der Waals surface area contributed by atoms with E-state index in [1.807, 2.05) is 0 Å². The topological polar surface area (TPSA) is 35.5 Å². The van der Waals surface area contributed by atoms with Crippen LogP contribution >= 0.6 is 15.9 Å². The minimum absolute atomic E-state index is 0.170. The smallest absolute Gasteiger partial charge is 0.341 e. The van der Waals surface area contributed by atoms with E-state index < -0.39 is 5.97 Å². The summed E-state index contributed by atoms with van der Waals surface area (Å²) < 4.78 is 24.1. The molecule has 0 unspecified atom stereocenters. The zero-order valence-electron chi connectivity index (χ0n) is 10.7. The summed E-state index contributed by atoms with van der Waals surface area (Å²) in [7, 11) is 1.31. The zero-order valence-corrected chi connectivity index (χ0v) is 12.3. The van der Waals surface area contributed by atoms with Crippen LogP contribution in [0, 0.1) is 5.82 Å². The second-order valence-corrected chi connectivity index (χ2v) is 4.97. The van der Waals surface area contributed by atoms with Crippen LogP contribution in [0.3, 0.4) is 0 Å². The number of ether oxygens (including phenoxy) is 2. The van der Waals surface area contributed by atoms with Gasteiger partial charge in [0.05, 0.1) is 7.11 Å². The third kappa shape index (κ3) is 3.57. The maximum absolute atomic E-state index is 13.1. The molecule has 0 radical (unpaired) electrons. The Kier molecular flexibility index (Phi) is 4.74. The molecule has 0 N–H and O–H groups in total. The third-order valence-electron chi connectivity index (χ3n) is 2.63. The Labute approximate surface area is 124 Å². The Hall–Kier alpha value is -1.88. The van der Waals surface area contributed by atoms with Gasteiger partial charge >= 0.3 is 5.97 Å². The molecule has 5 heteroatoms. The molecule has 0 heterocycles. The highest BCUT2D eigenvalue weighted by molar-refractivity contribution is 9.10. The Bertz CT molecular complexity index is 628. The molecule has 0 aromatic heterocycles.